The summed E-state index contributed by atoms with van der Waals surface area (Å²) in [6, 6.07) is 6.76. The molecule has 4 atom stereocenters. The first-order valence-electron chi connectivity index (χ1n) is 11.1. The summed E-state index contributed by atoms with van der Waals surface area (Å²) >= 11 is 0. The smallest absolute Gasteiger partial charge is 0.423 e. The van der Waals surface area contributed by atoms with E-state index >= 15 is 0 Å². The van der Waals surface area contributed by atoms with E-state index in [1.54, 1.807) is 24.3 Å². The van der Waals surface area contributed by atoms with Crippen LogP contribution in [0, 0.1) is 17.8 Å². The minimum absolute atomic E-state index is 0.133. The summed E-state index contributed by atoms with van der Waals surface area (Å²) in [7, 11) is 2.58. The Kier molecular flexibility index (Phi) is 8.24. The molecule has 9 nitrogen and oxygen atoms in total. The van der Waals surface area contributed by atoms with Gasteiger partial charge in [-0.05, 0) is 55.0 Å². The molecule has 1 fully saturated rings. The van der Waals surface area contributed by atoms with E-state index in [9.17, 15) is 29.7 Å². The second-order valence-corrected chi connectivity index (χ2v) is 8.74. The number of fused-ring (bicyclic) bond motifs is 1. The van der Waals surface area contributed by atoms with Crippen LogP contribution in [0.4, 0.5) is 4.79 Å². The monoisotopic (exact) mass is 473 g/mol. The third-order valence-electron chi connectivity index (χ3n) is 6.53. The number of likely N-dealkylation sites (tertiary alicyclic amines) is 1. The van der Waals surface area contributed by atoms with Gasteiger partial charge in [0.2, 0.25) is 11.8 Å². The van der Waals surface area contributed by atoms with Gasteiger partial charge in [0.25, 0.3) is 0 Å². The fourth-order valence-electron chi connectivity index (χ4n) is 4.98. The molecule has 0 spiro atoms. The van der Waals surface area contributed by atoms with E-state index in [-0.39, 0.29) is 18.8 Å². The van der Waals surface area contributed by atoms with E-state index in [0.717, 1.165) is 18.2 Å². The predicted molar refractivity (Wildman–Crippen MR) is 122 cm³/mol. The lowest BCUT2D eigenvalue weighted by Gasteiger charge is -2.36. The molecule has 1 aliphatic heterocycles. The SMILES string of the molecule is COCC1=C([C@H](O)CC/C(C)=C/c2ccc(O)cc2)[C@H](CO)[C@@H]2C(=O)N(C(=O)OC)C(=O)[C@@H]2C1. The normalized spacial score (nSPS) is 23.9. The maximum absolute atomic E-state index is 13.0. The Bertz CT molecular complexity index is 997. The number of aromatic hydroxyl groups is 1. The molecule has 0 saturated carbocycles. The standard InChI is InChI=1S/C25H31NO8/c1-14(10-15-5-7-17(28)8-6-15)4-9-20(29)21-16(13-33-2)11-18-22(19(21)12-27)24(31)26(23(18)30)25(32)34-3/h5-8,10,18-20,22,27-29H,4,9,11-13H2,1-3H3/b14-10+/t18-,19+,20-,22-/m1/s1. The van der Waals surface area contributed by atoms with Gasteiger partial charge in [-0.25, -0.2) is 4.79 Å². The topological polar surface area (TPSA) is 134 Å². The van der Waals surface area contributed by atoms with Crippen LogP contribution in [0.2, 0.25) is 0 Å². The van der Waals surface area contributed by atoms with E-state index in [2.05, 4.69) is 4.74 Å². The summed E-state index contributed by atoms with van der Waals surface area (Å²) in [4.78, 5) is 38.3. The van der Waals surface area contributed by atoms with Crippen molar-refractivity contribution >= 4 is 24.0 Å². The Morgan fingerprint density at radius 2 is 1.88 bits per heavy atom. The average Bonchev–Trinajstić information content (AvgIpc) is 3.07. The fourth-order valence-corrected chi connectivity index (χ4v) is 4.98. The number of phenolic OH excluding ortho intramolecular Hbond substituents is 1. The van der Waals surface area contributed by atoms with Crippen LogP contribution in [-0.2, 0) is 19.1 Å². The fraction of sp³-hybridized carbons (Fsp3) is 0.480. The van der Waals surface area contributed by atoms with Crippen molar-refractivity contribution in [3.05, 3.63) is 46.5 Å². The van der Waals surface area contributed by atoms with Crippen molar-refractivity contribution < 1.29 is 39.2 Å². The zero-order valence-electron chi connectivity index (χ0n) is 19.6. The maximum Gasteiger partial charge on any atom is 0.423 e. The number of phenols is 1. The van der Waals surface area contributed by atoms with Crippen molar-refractivity contribution in [1.82, 2.24) is 4.90 Å². The van der Waals surface area contributed by atoms with Crippen molar-refractivity contribution in [2.45, 2.75) is 32.3 Å². The molecule has 1 aromatic carbocycles. The van der Waals surface area contributed by atoms with Crippen LogP contribution in [0.15, 0.2) is 41.0 Å². The molecule has 0 unspecified atom stereocenters. The molecular formula is C25H31NO8. The Labute approximate surface area is 198 Å². The van der Waals surface area contributed by atoms with Crippen LogP contribution >= 0.6 is 0 Å². The molecule has 3 rings (SSSR count). The van der Waals surface area contributed by atoms with Gasteiger partial charge < -0.3 is 24.8 Å². The zero-order valence-corrected chi connectivity index (χ0v) is 19.6. The maximum atomic E-state index is 13.0. The third-order valence-corrected chi connectivity index (χ3v) is 6.53. The van der Waals surface area contributed by atoms with Crippen LogP contribution in [0.5, 0.6) is 5.75 Å². The number of nitrogens with zero attached hydrogens (tertiary/aromatic N) is 1. The number of carbonyl (C=O) groups is 3. The predicted octanol–water partition coefficient (Wildman–Crippen LogP) is 2.26. The van der Waals surface area contributed by atoms with Crippen molar-refractivity contribution in [1.29, 1.82) is 0 Å². The van der Waals surface area contributed by atoms with Gasteiger partial charge in [-0.2, -0.15) is 4.90 Å². The molecule has 1 aromatic rings. The molecule has 1 saturated heterocycles. The number of methoxy groups -OCH3 is 2. The lowest BCUT2D eigenvalue weighted by atomic mass is 9.68. The summed E-state index contributed by atoms with van der Waals surface area (Å²) < 4.78 is 9.88. The first-order chi connectivity index (χ1) is 16.2. The van der Waals surface area contributed by atoms with Gasteiger partial charge in [0, 0.05) is 13.0 Å². The second-order valence-electron chi connectivity index (χ2n) is 8.74. The van der Waals surface area contributed by atoms with Crippen LogP contribution in [-0.4, -0.2) is 71.7 Å². The average molecular weight is 474 g/mol. The van der Waals surface area contributed by atoms with Crippen LogP contribution in [0.1, 0.15) is 31.7 Å². The molecule has 1 heterocycles. The summed E-state index contributed by atoms with van der Waals surface area (Å²) in [5.74, 6) is -3.78. The van der Waals surface area contributed by atoms with Gasteiger partial charge in [-0.15, -0.1) is 0 Å². The molecule has 0 radical (unpaired) electrons. The number of hydrogen-bond donors (Lipinski definition) is 3. The zero-order chi connectivity index (χ0) is 25.0. The Morgan fingerprint density at radius 3 is 2.47 bits per heavy atom. The summed E-state index contributed by atoms with van der Waals surface area (Å²) in [6.07, 6.45) is 0.957. The molecule has 3 amide bonds. The second kappa shape index (κ2) is 10.9. The lowest BCUT2D eigenvalue weighted by molar-refractivity contribution is -0.137. The Balaban J connectivity index is 1.84. The van der Waals surface area contributed by atoms with Crippen molar-refractivity contribution in [3.63, 3.8) is 0 Å². The van der Waals surface area contributed by atoms with Crippen LogP contribution in [0.3, 0.4) is 0 Å². The quantitative estimate of drug-likeness (QED) is 0.387. The molecular weight excluding hydrogens is 442 g/mol. The highest BCUT2D eigenvalue weighted by Crippen LogP contribution is 2.46. The minimum Gasteiger partial charge on any atom is -0.508 e. The van der Waals surface area contributed by atoms with Gasteiger partial charge >= 0.3 is 6.09 Å². The van der Waals surface area contributed by atoms with Gasteiger partial charge in [-0.3, -0.25) is 9.59 Å². The number of allylic oxidation sites excluding steroid dienone is 1. The van der Waals surface area contributed by atoms with Crippen LogP contribution < -0.4 is 0 Å². The van der Waals surface area contributed by atoms with E-state index in [0.29, 0.717) is 28.9 Å². The highest BCUT2D eigenvalue weighted by Gasteiger charge is 2.57. The van der Waals surface area contributed by atoms with E-state index in [1.165, 1.54) is 7.11 Å². The number of hydrogen-bond acceptors (Lipinski definition) is 8. The number of carbonyl (C=O) groups excluding carboxylic acids is 3. The number of rotatable bonds is 8. The first kappa shape index (κ1) is 25.6. The number of aliphatic hydroxyl groups is 2. The van der Waals surface area contributed by atoms with Gasteiger partial charge in [0.15, 0.2) is 0 Å². The summed E-state index contributed by atoms with van der Waals surface area (Å²) in [6.45, 7) is 1.60. The molecule has 34 heavy (non-hydrogen) atoms. The van der Waals surface area contributed by atoms with E-state index in [1.807, 2.05) is 13.0 Å². The molecule has 0 bridgehead atoms. The van der Waals surface area contributed by atoms with Gasteiger partial charge in [0.1, 0.15) is 5.75 Å². The Hall–Kier alpha value is -3.01. The lowest BCUT2D eigenvalue weighted by Crippen LogP contribution is -2.40. The van der Waals surface area contributed by atoms with Gasteiger partial charge in [-0.1, -0.05) is 23.8 Å². The molecule has 0 aromatic heterocycles. The summed E-state index contributed by atoms with van der Waals surface area (Å²) in [5, 5.41) is 30.8. The number of ether oxygens (including phenoxy) is 2. The van der Waals surface area contributed by atoms with Gasteiger partial charge in [0.05, 0.1) is 38.3 Å². The van der Waals surface area contributed by atoms with Crippen molar-refractivity contribution in [3.8, 4) is 5.75 Å². The number of imide groups is 3. The van der Waals surface area contributed by atoms with E-state index < -0.39 is 48.4 Å². The first-order valence-corrected chi connectivity index (χ1v) is 11.1. The minimum atomic E-state index is -1.05. The third kappa shape index (κ3) is 5.06. The van der Waals surface area contributed by atoms with E-state index in [4.69, 9.17) is 4.74 Å². The Morgan fingerprint density at radius 1 is 1.21 bits per heavy atom. The molecule has 2 aliphatic rings. The largest absolute Gasteiger partial charge is 0.508 e. The number of benzene rings is 1. The highest BCUT2D eigenvalue weighted by atomic mass is 16.5. The van der Waals surface area contributed by atoms with Crippen LogP contribution in [0.25, 0.3) is 6.08 Å². The molecule has 184 valence electrons. The summed E-state index contributed by atoms with van der Waals surface area (Å²) in [5.41, 5.74) is 3.06. The number of aliphatic hydroxyl groups excluding tert-OH is 2. The molecule has 3 N–H and O–H groups in total. The van der Waals surface area contributed by atoms with Crippen molar-refractivity contribution in [2.24, 2.45) is 17.8 Å². The highest BCUT2D eigenvalue weighted by molar-refractivity contribution is 6.16. The molecule has 1 aliphatic carbocycles. The number of amides is 3. The molecule has 9 heteroatoms. The van der Waals surface area contributed by atoms with Crippen molar-refractivity contribution in [2.75, 3.05) is 27.4 Å².